The van der Waals surface area contributed by atoms with Gasteiger partial charge in [-0.1, -0.05) is 62.7 Å². The highest BCUT2D eigenvalue weighted by Crippen LogP contribution is 2.38. The highest BCUT2D eigenvalue weighted by atomic mass is 16.5. The van der Waals surface area contributed by atoms with Crippen LogP contribution < -0.4 is 4.74 Å². The van der Waals surface area contributed by atoms with Crippen LogP contribution in [0.3, 0.4) is 0 Å². The van der Waals surface area contributed by atoms with Gasteiger partial charge < -0.3 is 9.64 Å². The van der Waals surface area contributed by atoms with E-state index in [4.69, 9.17) is 4.74 Å². The van der Waals surface area contributed by atoms with Crippen LogP contribution in [-0.4, -0.2) is 73.0 Å². The summed E-state index contributed by atoms with van der Waals surface area (Å²) in [7, 11) is 0. The van der Waals surface area contributed by atoms with Crippen LogP contribution in [0.2, 0.25) is 0 Å². The maximum absolute atomic E-state index is 13.3. The Morgan fingerprint density at radius 2 is 1.58 bits per heavy atom. The van der Waals surface area contributed by atoms with Crippen molar-refractivity contribution < 1.29 is 9.53 Å². The second-order valence-electron chi connectivity index (χ2n) is 12.4. The molecule has 2 aromatic rings. The standard InChI is InChI=1S/C33H47N3O2/c1-27(2)23-35-21-22-38-31-13-6-5-10-29(31)11-7-8-15-33(26-35)16-19-36(20-17-33)32(37)25-34-18-14-28-9-3-4-12-30(28)24-34/h3-6,9-10,12-13,27H,7-8,11,14-26H2,1-2H3. The van der Waals surface area contributed by atoms with Gasteiger partial charge in [0.05, 0.1) is 6.54 Å². The first-order valence-corrected chi connectivity index (χ1v) is 15.0. The molecule has 0 aliphatic carbocycles. The number of carbonyl (C=O) groups excluding carboxylic acids is 1. The third kappa shape index (κ3) is 6.98. The Bertz CT molecular complexity index is 1060. The molecule has 0 bridgehead atoms. The molecule has 1 amide bonds. The minimum Gasteiger partial charge on any atom is -0.492 e. The number of hydrogen-bond acceptors (Lipinski definition) is 4. The van der Waals surface area contributed by atoms with Gasteiger partial charge in [-0.2, -0.15) is 0 Å². The van der Waals surface area contributed by atoms with Crippen molar-refractivity contribution in [3.8, 4) is 5.75 Å². The first kappa shape index (κ1) is 27.2. The van der Waals surface area contributed by atoms with Crippen molar-refractivity contribution in [2.45, 2.75) is 65.3 Å². The molecule has 0 aromatic heterocycles. The van der Waals surface area contributed by atoms with Crippen molar-refractivity contribution in [3.05, 3.63) is 65.2 Å². The number of amides is 1. The topological polar surface area (TPSA) is 36.0 Å². The average molecular weight is 518 g/mol. The fraction of sp³-hybridized carbons (Fsp3) is 0.606. The molecule has 0 radical (unpaired) electrons. The fourth-order valence-electron chi connectivity index (χ4n) is 6.87. The van der Waals surface area contributed by atoms with Gasteiger partial charge >= 0.3 is 0 Å². The molecule has 1 fully saturated rings. The summed E-state index contributed by atoms with van der Waals surface area (Å²) in [4.78, 5) is 20.5. The Balaban J connectivity index is 1.20. The number of rotatable bonds is 4. The number of aryl methyl sites for hydroxylation is 1. The van der Waals surface area contributed by atoms with E-state index >= 15 is 0 Å². The highest BCUT2D eigenvalue weighted by Gasteiger charge is 2.37. The first-order chi connectivity index (χ1) is 18.5. The van der Waals surface area contributed by atoms with Gasteiger partial charge in [0, 0.05) is 45.8 Å². The SMILES string of the molecule is CC(C)CN1CCOc2ccccc2CCCCC2(CCN(C(=O)CN3CCc4ccccc4C3)CC2)C1. The lowest BCUT2D eigenvalue weighted by atomic mass is 9.73. The molecule has 3 aliphatic rings. The van der Waals surface area contributed by atoms with Crippen LogP contribution in [-0.2, 0) is 24.2 Å². The Hall–Kier alpha value is -2.37. The number of nitrogens with zero attached hydrogens (tertiary/aromatic N) is 3. The normalized spacial score (nSPS) is 21.2. The predicted molar refractivity (Wildman–Crippen MR) is 154 cm³/mol. The van der Waals surface area contributed by atoms with E-state index in [1.165, 1.54) is 36.0 Å². The van der Waals surface area contributed by atoms with Gasteiger partial charge in [-0.25, -0.2) is 0 Å². The Kier molecular flexibility index (Phi) is 9.06. The zero-order valence-corrected chi connectivity index (χ0v) is 23.7. The van der Waals surface area contributed by atoms with E-state index < -0.39 is 0 Å². The smallest absolute Gasteiger partial charge is 0.236 e. The van der Waals surface area contributed by atoms with E-state index in [0.717, 1.165) is 83.9 Å². The lowest BCUT2D eigenvalue weighted by Gasteiger charge is -2.45. The van der Waals surface area contributed by atoms with Crippen LogP contribution in [0.1, 0.15) is 62.6 Å². The van der Waals surface area contributed by atoms with Crippen molar-refractivity contribution in [3.63, 3.8) is 0 Å². The van der Waals surface area contributed by atoms with Crippen LogP contribution in [0.25, 0.3) is 0 Å². The van der Waals surface area contributed by atoms with Crippen molar-refractivity contribution in [1.82, 2.24) is 14.7 Å². The number of likely N-dealkylation sites (tertiary alicyclic amines) is 1. The van der Waals surface area contributed by atoms with E-state index in [9.17, 15) is 4.79 Å². The molecule has 3 aliphatic heterocycles. The Morgan fingerprint density at radius 1 is 0.842 bits per heavy atom. The maximum Gasteiger partial charge on any atom is 0.236 e. The molecule has 0 unspecified atom stereocenters. The summed E-state index contributed by atoms with van der Waals surface area (Å²) in [5.74, 6) is 2.01. The quantitative estimate of drug-likeness (QED) is 0.543. The van der Waals surface area contributed by atoms with E-state index in [2.05, 4.69) is 77.1 Å². The molecular weight excluding hydrogens is 470 g/mol. The third-order valence-electron chi connectivity index (χ3n) is 8.97. The predicted octanol–water partition coefficient (Wildman–Crippen LogP) is 5.42. The van der Waals surface area contributed by atoms with Crippen molar-refractivity contribution in [2.75, 3.05) is 52.4 Å². The summed E-state index contributed by atoms with van der Waals surface area (Å²) in [6.07, 6.45) is 8.07. The van der Waals surface area contributed by atoms with Crippen molar-refractivity contribution in [2.24, 2.45) is 11.3 Å². The molecule has 1 spiro atoms. The highest BCUT2D eigenvalue weighted by molar-refractivity contribution is 5.78. The van der Waals surface area contributed by atoms with Gasteiger partial charge in [0.25, 0.3) is 0 Å². The van der Waals surface area contributed by atoms with Crippen molar-refractivity contribution in [1.29, 1.82) is 0 Å². The number of ether oxygens (including phenoxy) is 1. The summed E-state index contributed by atoms with van der Waals surface area (Å²) >= 11 is 0. The maximum atomic E-state index is 13.3. The molecule has 206 valence electrons. The lowest BCUT2D eigenvalue weighted by Crippen LogP contribution is -2.51. The minimum atomic E-state index is 0.300. The molecule has 0 atom stereocenters. The van der Waals surface area contributed by atoms with Crippen LogP contribution in [0, 0.1) is 11.3 Å². The van der Waals surface area contributed by atoms with Gasteiger partial charge in [0.15, 0.2) is 0 Å². The van der Waals surface area contributed by atoms with E-state index in [1.54, 1.807) is 0 Å². The monoisotopic (exact) mass is 517 g/mol. The fourth-order valence-corrected chi connectivity index (χ4v) is 6.87. The first-order valence-electron chi connectivity index (χ1n) is 15.0. The molecule has 3 heterocycles. The number of carbonyl (C=O) groups is 1. The lowest BCUT2D eigenvalue weighted by molar-refractivity contribution is -0.135. The summed E-state index contributed by atoms with van der Waals surface area (Å²) in [6.45, 7) is 12.8. The van der Waals surface area contributed by atoms with Crippen LogP contribution in [0.4, 0.5) is 0 Å². The summed E-state index contributed by atoms with van der Waals surface area (Å²) in [6, 6.07) is 17.3. The zero-order chi connectivity index (χ0) is 26.4. The largest absolute Gasteiger partial charge is 0.492 e. The molecule has 1 saturated heterocycles. The van der Waals surface area contributed by atoms with E-state index in [-0.39, 0.29) is 0 Å². The van der Waals surface area contributed by atoms with Gasteiger partial charge in [-0.05, 0) is 72.6 Å². The van der Waals surface area contributed by atoms with E-state index in [0.29, 0.717) is 23.8 Å². The number of para-hydroxylation sites is 1. The molecular formula is C33H47N3O2. The number of benzene rings is 2. The number of hydrogen-bond donors (Lipinski definition) is 0. The van der Waals surface area contributed by atoms with Gasteiger partial charge in [-0.3, -0.25) is 14.6 Å². The minimum absolute atomic E-state index is 0.300. The second-order valence-corrected chi connectivity index (χ2v) is 12.4. The summed E-state index contributed by atoms with van der Waals surface area (Å²) < 4.78 is 6.29. The van der Waals surface area contributed by atoms with Crippen molar-refractivity contribution >= 4 is 5.91 Å². The number of piperidine rings is 1. The molecule has 2 aromatic carbocycles. The van der Waals surface area contributed by atoms with Gasteiger partial charge in [0.2, 0.25) is 5.91 Å². The molecule has 5 rings (SSSR count). The van der Waals surface area contributed by atoms with E-state index in [1.807, 2.05) is 0 Å². The second kappa shape index (κ2) is 12.7. The van der Waals surface area contributed by atoms with Crippen LogP contribution in [0.5, 0.6) is 5.75 Å². The average Bonchev–Trinajstić information content (AvgIpc) is 2.91. The summed E-state index contributed by atoms with van der Waals surface area (Å²) in [5, 5.41) is 0. The molecule has 0 saturated carbocycles. The van der Waals surface area contributed by atoms with Gasteiger partial charge in [-0.15, -0.1) is 0 Å². The van der Waals surface area contributed by atoms with Gasteiger partial charge in [0.1, 0.15) is 12.4 Å². The number of fused-ring (bicyclic) bond motifs is 2. The molecule has 38 heavy (non-hydrogen) atoms. The molecule has 0 N–H and O–H groups in total. The summed E-state index contributed by atoms with van der Waals surface area (Å²) in [5.41, 5.74) is 4.47. The third-order valence-corrected chi connectivity index (χ3v) is 8.97. The Labute approximate surface area is 230 Å². The Morgan fingerprint density at radius 3 is 2.37 bits per heavy atom. The molecule has 5 heteroatoms. The van der Waals surface area contributed by atoms with Crippen LogP contribution in [0.15, 0.2) is 48.5 Å². The molecule has 5 nitrogen and oxygen atoms in total. The zero-order valence-electron chi connectivity index (χ0n) is 23.7. The van der Waals surface area contributed by atoms with Crippen LogP contribution >= 0.6 is 0 Å².